The van der Waals surface area contributed by atoms with Crippen LogP contribution in [0.25, 0.3) is 0 Å². The van der Waals surface area contributed by atoms with Crippen molar-refractivity contribution in [3.05, 3.63) is 119 Å². The molecule has 0 radical (unpaired) electrons. The predicted octanol–water partition coefficient (Wildman–Crippen LogP) is 5.96. The molecule has 11 heteroatoms. The molecule has 0 aliphatic rings. The molecule has 9 nitrogen and oxygen atoms in total. The molecule has 0 aliphatic heterocycles. The summed E-state index contributed by atoms with van der Waals surface area (Å²) in [5.74, 6) is -0.000441. The molecule has 0 aromatic heterocycles. The van der Waals surface area contributed by atoms with Gasteiger partial charge in [-0.05, 0) is 59.5 Å². The Morgan fingerprint density at radius 1 is 0.830 bits per heavy atom. The number of methoxy groups -OCH3 is 2. The standard InChI is InChI=1S/C36H40ClN3O6S/c1-26(2)23-38-36(42)33(21-27-12-7-5-8-13-27)39(24-28-14-11-15-30(20-28)45-3)35(41)25-40(32-22-29(37)18-19-34(32)46-4)47(43,44)31-16-9-6-10-17-31/h5-20,22,26,33H,21,23-25H2,1-4H3,(H,38,42). The van der Waals surface area contributed by atoms with Crippen molar-refractivity contribution >= 4 is 39.1 Å². The molecular formula is C36H40ClN3O6S. The number of sulfonamides is 1. The van der Waals surface area contributed by atoms with Gasteiger partial charge >= 0.3 is 0 Å². The van der Waals surface area contributed by atoms with Crippen molar-refractivity contribution in [1.82, 2.24) is 10.2 Å². The van der Waals surface area contributed by atoms with Gasteiger partial charge in [-0.25, -0.2) is 8.42 Å². The molecule has 0 saturated heterocycles. The van der Waals surface area contributed by atoms with Crippen LogP contribution in [0.3, 0.4) is 0 Å². The van der Waals surface area contributed by atoms with E-state index in [2.05, 4.69) is 5.32 Å². The first-order valence-electron chi connectivity index (χ1n) is 15.2. The van der Waals surface area contributed by atoms with Crippen molar-refractivity contribution in [2.24, 2.45) is 5.92 Å². The van der Waals surface area contributed by atoms with Gasteiger partial charge in [0, 0.05) is 24.5 Å². The van der Waals surface area contributed by atoms with Crippen LogP contribution < -0.4 is 19.1 Å². The summed E-state index contributed by atoms with van der Waals surface area (Å²) in [5.41, 5.74) is 1.62. The third kappa shape index (κ3) is 9.27. The summed E-state index contributed by atoms with van der Waals surface area (Å²) in [5, 5.41) is 3.24. The second kappa shape index (κ2) is 16.3. The van der Waals surface area contributed by atoms with Crippen LogP contribution in [0.4, 0.5) is 5.69 Å². The van der Waals surface area contributed by atoms with Gasteiger partial charge in [0.05, 0.1) is 24.8 Å². The van der Waals surface area contributed by atoms with E-state index in [-0.39, 0.29) is 46.1 Å². The summed E-state index contributed by atoms with van der Waals surface area (Å²) < 4.78 is 40.4. The lowest BCUT2D eigenvalue weighted by Crippen LogP contribution is -2.53. The van der Waals surface area contributed by atoms with Gasteiger partial charge in [-0.3, -0.25) is 13.9 Å². The Kier molecular flexibility index (Phi) is 12.3. The maximum absolute atomic E-state index is 14.7. The van der Waals surface area contributed by atoms with Crippen LogP contribution in [-0.4, -0.2) is 58.5 Å². The third-order valence-corrected chi connectivity index (χ3v) is 9.47. The fourth-order valence-corrected chi connectivity index (χ4v) is 6.64. The van der Waals surface area contributed by atoms with Crippen LogP contribution >= 0.6 is 11.6 Å². The quantitative estimate of drug-likeness (QED) is 0.166. The molecular weight excluding hydrogens is 638 g/mol. The molecule has 0 fully saturated rings. The summed E-state index contributed by atoms with van der Waals surface area (Å²) in [6.45, 7) is 3.74. The fraction of sp³-hybridized carbons (Fsp3) is 0.278. The molecule has 4 aromatic rings. The van der Waals surface area contributed by atoms with Crippen molar-refractivity contribution in [2.45, 2.75) is 37.8 Å². The second-order valence-corrected chi connectivity index (χ2v) is 13.7. The molecule has 4 rings (SSSR count). The highest BCUT2D eigenvalue weighted by Crippen LogP contribution is 2.35. The Labute approximate surface area is 282 Å². The number of carbonyl (C=O) groups is 2. The average molecular weight is 678 g/mol. The van der Waals surface area contributed by atoms with E-state index in [1.54, 1.807) is 55.6 Å². The largest absolute Gasteiger partial charge is 0.497 e. The zero-order chi connectivity index (χ0) is 34.0. The number of hydrogen-bond donors (Lipinski definition) is 1. The lowest BCUT2D eigenvalue weighted by atomic mass is 10.0. The van der Waals surface area contributed by atoms with Gasteiger partial charge in [0.2, 0.25) is 11.8 Å². The summed E-state index contributed by atoms with van der Waals surface area (Å²) in [6, 6.07) is 28.0. The number of carbonyl (C=O) groups excluding carboxylic acids is 2. The van der Waals surface area contributed by atoms with Gasteiger partial charge in [-0.15, -0.1) is 0 Å². The minimum Gasteiger partial charge on any atom is -0.497 e. The SMILES string of the molecule is COc1cccc(CN(C(=O)CN(c2cc(Cl)ccc2OC)S(=O)(=O)c2ccccc2)C(Cc2ccccc2)C(=O)NCC(C)C)c1. The molecule has 4 aromatic carbocycles. The van der Waals surface area contributed by atoms with E-state index in [4.69, 9.17) is 21.1 Å². The minimum absolute atomic E-state index is 0.00847. The molecule has 1 unspecified atom stereocenters. The number of benzene rings is 4. The number of nitrogens with zero attached hydrogens (tertiary/aromatic N) is 2. The van der Waals surface area contributed by atoms with E-state index >= 15 is 0 Å². The number of halogens is 1. The zero-order valence-electron chi connectivity index (χ0n) is 26.9. The Bertz CT molecular complexity index is 1750. The highest BCUT2D eigenvalue weighted by molar-refractivity contribution is 7.92. The highest BCUT2D eigenvalue weighted by atomic mass is 35.5. The Hall–Kier alpha value is -4.54. The fourth-order valence-electron chi connectivity index (χ4n) is 5.04. The zero-order valence-corrected chi connectivity index (χ0v) is 28.5. The van der Waals surface area contributed by atoms with Gasteiger partial charge in [0.25, 0.3) is 10.0 Å². The lowest BCUT2D eigenvalue weighted by Gasteiger charge is -2.34. The third-order valence-electron chi connectivity index (χ3n) is 7.46. The predicted molar refractivity (Wildman–Crippen MR) is 184 cm³/mol. The summed E-state index contributed by atoms with van der Waals surface area (Å²) in [7, 11) is -1.36. The van der Waals surface area contributed by atoms with E-state index in [0.29, 0.717) is 17.9 Å². The van der Waals surface area contributed by atoms with Gasteiger partial charge in [0.15, 0.2) is 0 Å². The first-order valence-corrected chi connectivity index (χ1v) is 17.0. The molecule has 0 bridgehead atoms. The van der Waals surface area contributed by atoms with Crippen LogP contribution in [-0.2, 0) is 32.6 Å². The maximum atomic E-state index is 14.7. The lowest BCUT2D eigenvalue weighted by molar-refractivity contribution is -0.140. The van der Waals surface area contributed by atoms with E-state index in [0.717, 1.165) is 9.87 Å². The smallest absolute Gasteiger partial charge is 0.264 e. The molecule has 1 atom stereocenters. The second-order valence-electron chi connectivity index (χ2n) is 11.4. The number of amides is 2. The number of nitrogens with one attached hydrogen (secondary N) is 1. The molecule has 47 heavy (non-hydrogen) atoms. The van der Waals surface area contributed by atoms with Crippen molar-refractivity contribution in [3.63, 3.8) is 0 Å². The van der Waals surface area contributed by atoms with Crippen LogP contribution in [0.2, 0.25) is 5.02 Å². The van der Waals surface area contributed by atoms with E-state index in [1.165, 1.54) is 30.2 Å². The average Bonchev–Trinajstić information content (AvgIpc) is 3.08. The van der Waals surface area contributed by atoms with Crippen molar-refractivity contribution < 1.29 is 27.5 Å². The number of rotatable bonds is 15. The monoisotopic (exact) mass is 677 g/mol. The van der Waals surface area contributed by atoms with Gasteiger partial charge in [-0.1, -0.05) is 86.1 Å². The van der Waals surface area contributed by atoms with Crippen LogP contribution in [0.15, 0.2) is 108 Å². The Morgan fingerprint density at radius 2 is 1.49 bits per heavy atom. The van der Waals surface area contributed by atoms with Gasteiger partial charge in [-0.2, -0.15) is 0 Å². The minimum atomic E-state index is -4.32. The van der Waals surface area contributed by atoms with Crippen molar-refractivity contribution in [2.75, 3.05) is 31.6 Å². The normalized spacial score (nSPS) is 11.9. The topological polar surface area (TPSA) is 105 Å². The van der Waals surface area contributed by atoms with Crippen LogP contribution in [0, 0.1) is 5.92 Å². The van der Waals surface area contributed by atoms with Gasteiger partial charge < -0.3 is 19.7 Å². The number of anilines is 1. The summed E-state index contributed by atoms with van der Waals surface area (Å²) >= 11 is 6.35. The molecule has 0 saturated carbocycles. The molecule has 0 spiro atoms. The Balaban J connectivity index is 1.85. The molecule has 248 valence electrons. The van der Waals surface area contributed by atoms with E-state index in [1.807, 2.05) is 50.2 Å². The maximum Gasteiger partial charge on any atom is 0.264 e. The first kappa shape index (κ1) is 35.3. The number of hydrogen-bond acceptors (Lipinski definition) is 6. The van der Waals surface area contributed by atoms with Crippen LogP contribution in [0.1, 0.15) is 25.0 Å². The summed E-state index contributed by atoms with van der Waals surface area (Å²) in [6.07, 6.45) is 0.201. The first-order chi connectivity index (χ1) is 22.5. The summed E-state index contributed by atoms with van der Waals surface area (Å²) in [4.78, 5) is 30.0. The highest BCUT2D eigenvalue weighted by Gasteiger charge is 2.35. The van der Waals surface area contributed by atoms with E-state index in [9.17, 15) is 18.0 Å². The molecule has 1 N–H and O–H groups in total. The van der Waals surface area contributed by atoms with Gasteiger partial charge in [0.1, 0.15) is 24.1 Å². The van der Waals surface area contributed by atoms with Crippen molar-refractivity contribution in [3.8, 4) is 11.5 Å². The Morgan fingerprint density at radius 3 is 2.13 bits per heavy atom. The van der Waals surface area contributed by atoms with Crippen LogP contribution in [0.5, 0.6) is 11.5 Å². The van der Waals surface area contributed by atoms with E-state index < -0.39 is 28.5 Å². The number of ether oxygens (including phenoxy) is 2. The molecule has 2 amide bonds. The van der Waals surface area contributed by atoms with Crippen molar-refractivity contribution in [1.29, 1.82) is 0 Å². The molecule has 0 heterocycles. The molecule has 0 aliphatic carbocycles.